The van der Waals surface area contributed by atoms with E-state index in [0.29, 0.717) is 0 Å². The zero-order chi connectivity index (χ0) is 9.42. The first kappa shape index (κ1) is 8.54. The van der Waals surface area contributed by atoms with Crippen molar-refractivity contribution in [3.05, 3.63) is 34.2 Å². The van der Waals surface area contributed by atoms with Gasteiger partial charge in [-0.15, -0.1) is 0 Å². The molecule has 0 atom stereocenters. The van der Waals surface area contributed by atoms with Crippen molar-refractivity contribution in [1.29, 1.82) is 0 Å². The Morgan fingerprint density at radius 1 is 1.38 bits per heavy atom. The Morgan fingerprint density at radius 3 is 2.62 bits per heavy atom. The Labute approximate surface area is 78.2 Å². The zero-order valence-corrected chi connectivity index (χ0v) is 8.16. The van der Waals surface area contributed by atoms with Crippen LogP contribution < -0.4 is 5.56 Å². The normalized spacial score (nSPS) is 16.5. The molecule has 70 valence electrons. The molecule has 1 heterocycles. The van der Waals surface area contributed by atoms with Gasteiger partial charge in [-0.05, 0) is 38.2 Å². The molecule has 0 unspecified atom stereocenters. The molecular formula is C11H15NO. The predicted molar refractivity (Wildman–Crippen MR) is 53.1 cm³/mol. The van der Waals surface area contributed by atoms with Crippen molar-refractivity contribution in [3.63, 3.8) is 0 Å². The molecule has 0 amide bonds. The van der Waals surface area contributed by atoms with Gasteiger partial charge in [-0.1, -0.05) is 6.07 Å². The first-order valence-corrected chi connectivity index (χ1v) is 4.90. The summed E-state index contributed by atoms with van der Waals surface area (Å²) in [7, 11) is 0. The maximum atomic E-state index is 11.4. The number of aromatic nitrogens is 1. The quantitative estimate of drug-likeness (QED) is 0.679. The third kappa shape index (κ3) is 1.67. The second-order valence-corrected chi connectivity index (χ2v) is 4.08. The minimum Gasteiger partial charge on any atom is -0.313 e. The van der Waals surface area contributed by atoms with E-state index in [9.17, 15) is 4.79 Å². The monoisotopic (exact) mass is 177 g/mol. The van der Waals surface area contributed by atoms with Gasteiger partial charge in [0, 0.05) is 18.3 Å². The van der Waals surface area contributed by atoms with Gasteiger partial charge in [-0.3, -0.25) is 4.79 Å². The predicted octanol–water partition coefficient (Wildman–Crippen LogP) is 2.31. The lowest BCUT2D eigenvalue weighted by Gasteiger charge is -2.10. The van der Waals surface area contributed by atoms with Gasteiger partial charge in [0.25, 0.3) is 5.56 Å². The number of hydrogen-bond donors (Lipinski definition) is 0. The van der Waals surface area contributed by atoms with Crippen molar-refractivity contribution in [2.24, 2.45) is 0 Å². The minimum absolute atomic E-state index is 0.111. The highest BCUT2D eigenvalue weighted by atomic mass is 16.1. The molecule has 1 aliphatic carbocycles. The molecule has 0 aromatic carbocycles. The van der Waals surface area contributed by atoms with Gasteiger partial charge >= 0.3 is 0 Å². The second-order valence-electron chi connectivity index (χ2n) is 4.08. The van der Waals surface area contributed by atoms with E-state index in [2.05, 4.69) is 0 Å². The number of pyridine rings is 1. The molecule has 2 heteroatoms. The van der Waals surface area contributed by atoms with Gasteiger partial charge in [0.2, 0.25) is 0 Å². The van der Waals surface area contributed by atoms with Gasteiger partial charge in [0.1, 0.15) is 0 Å². The van der Waals surface area contributed by atoms with E-state index in [4.69, 9.17) is 0 Å². The number of nitrogens with zero attached hydrogens (tertiary/aromatic N) is 1. The summed E-state index contributed by atoms with van der Waals surface area (Å²) in [6.45, 7) is 4.08. The first-order valence-electron chi connectivity index (χ1n) is 4.90. The van der Waals surface area contributed by atoms with Gasteiger partial charge in [-0.2, -0.15) is 0 Å². The van der Waals surface area contributed by atoms with E-state index >= 15 is 0 Å². The molecule has 0 bridgehead atoms. The van der Waals surface area contributed by atoms with Crippen molar-refractivity contribution < 1.29 is 0 Å². The maximum absolute atomic E-state index is 11.4. The van der Waals surface area contributed by atoms with E-state index in [0.717, 1.165) is 5.92 Å². The lowest BCUT2D eigenvalue weighted by atomic mass is 10.2. The van der Waals surface area contributed by atoms with E-state index in [-0.39, 0.29) is 11.6 Å². The fourth-order valence-electron chi connectivity index (χ4n) is 1.58. The summed E-state index contributed by atoms with van der Waals surface area (Å²) in [4.78, 5) is 11.4. The van der Waals surface area contributed by atoms with Crippen LogP contribution >= 0.6 is 0 Å². The molecule has 2 rings (SSSR count). The highest BCUT2D eigenvalue weighted by Crippen LogP contribution is 2.39. The van der Waals surface area contributed by atoms with Crippen LogP contribution in [0.5, 0.6) is 0 Å². The molecule has 1 aliphatic rings. The summed E-state index contributed by atoms with van der Waals surface area (Å²) in [5, 5.41) is 0. The molecule has 0 radical (unpaired) electrons. The van der Waals surface area contributed by atoms with Gasteiger partial charge in [0.05, 0.1) is 0 Å². The molecule has 1 aromatic heterocycles. The number of hydrogen-bond acceptors (Lipinski definition) is 1. The Hall–Kier alpha value is -1.05. The molecule has 1 aromatic rings. The van der Waals surface area contributed by atoms with Crippen LogP contribution in [-0.4, -0.2) is 4.57 Å². The molecule has 0 spiro atoms. The lowest BCUT2D eigenvalue weighted by Crippen LogP contribution is -2.20. The molecular weight excluding hydrogens is 162 g/mol. The Morgan fingerprint density at radius 2 is 2.08 bits per heavy atom. The number of rotatable bonds is 2. The van der Waals surface area contributed by atoms with Crippen LogP contribution in [-0.2, 0) is 0 Å². The Kier molecular flexibility index (Phi) is 1.98. The standard InChI is InChI=1S/C11H15NO/c1-8(2)12-7-10(9-3-4-9)5-6-11(12)13/h5-9H,3-4H2,1-2H3. The maximum Gasteiger partial charge on any atom is 0.250 e. The molecule has 13 heavy (non-hydrogen) atoms. The average Bonchev–Trinajstić information content (AvgIpc) is 2.87. The van der Waals surface area contributed by atoms with Gasteiger partial charge < -0.3 is 4.57 Å². The SMILES string of the molecule is CC(C)n1cc(C2CC2)ccc1=O. The third-order valence-electron chi connectivity index (χ3n) is 2.57. The Balaban J connectivity index is 2.41. The molecule has 1 saturated carbocycles. The summed E-state index contributed by atoms with van der Waals surface area (Å²) in [5.41, 5.74) is 1.44. The summed E-state index contributed by atoms with van der Waals surface area (Å²) >= 11 is 0. The van der Waals surface area contributed by atoms with E-state index in [1.165, 1.54) is 18.4 Å². The van der Waals surface area contributed by atoms with Crippen LogP contribution in [0.2, 0.25) is 0 Å². The van der Waals surface area contributed by atoms with Crippen LogP contribution in [0, 0.1) is 0 Å². The average molecular weight is 177 g/mol. The Bertz CT molecular complexity index is 361. The lowest BCUT2D eigenvalue weighted by molar-refractivity contribution is 0.574. The molecule has 2 nitrogen and oxygen atoms in total. The van der Waals surface area contributed by atoms with Gasteiger partial charge in [0.15, 0.2) is 0 Å². The molecule has 1 fully saturated rings. The van der Waals surface area contributed by atoms with E-state index in [1.807, 2.05) is 30.7 Å². The summed E-state index contributed by atoms with van der Waals surface area (Å²) in [6.07, 6.45) is 4.59. The smallest absolute Gasteiger partial charge is 0.250 e. The van der Waals surface area contributed by atoms with Gasteiger partial charge in [-0.25, -0.2) is 0 Å². The zero-order valence-electron chi connectivity index (χ0n) is 8.16. The first-order chi connectivity index (χ1) is 6.18. The summed E-state index contributed by atoms with van der Waals surface area (Å²) in [5.74, 6) is 0.727. The molecule has 0 aliphatic heterocycles. The van der Waals surface area contributed by atoms with Crippen molar-refractivity contribution >= 4 is 0 Å². The highest BCUT2D eigenvalue weighted by Gasteiger charge is 2.23. The van der Waals surface area contributed by atoms with E-state index < -0.39 is 0 Å². The van der Waals surface area contributed by atoms with Crippen LogP contribution in [0.15, 0.2) is 23.1 Å². The van der Waals surface area contributed by atoms with E-state index in [1.54, 1.807) is 6.07 Å². The largest absolute Gasteiger partial charge is 0.313 e. The third-order valence-corrected chi connectivity index (χ3v) is 2.57. The van der Waals surface area contributed by atoms with Crippen molar-refractivity contribution in [2.45, 2.75) is 38.6 Å². The summed E-state index contributed by atoms with van der Waals surface area (Å²) < 4.78 is 1.81. The van der Waals surface area contributed by atoms with Crippen LogP contribution in [0.3, 0.4) is 0 Å². The second kappa shape index (κ2) is 3.02. The fourth-order valence-corrected chi connectivity index (χ4v) is 1.58. The fraction of sp³-hybridized carbons (Fsp3) is 0.545. The molecule has 0 N–H and O–H groups in total. The highest BCUT2D eigenvalue weighted by molar-refractivity contribution is 5.20. The van der Waals surface area contributed by atoms with Crippen molar-refractivity contribution in [2.75, 3.05) is 0 Å². The van der Waals surface area contributed by atoms with Crippen LogP contribution in [0.25, 0.3) is 0 Å². The minimum atomic E-state index is 0.111. The van der Waals surface area contributed by atoms with Crippen LogP contribution in [0.4, 0.5) is 0 Å². The van der Waals surface area contributed by atoms with Crippen LogP contribution in [0.1, 0.15) is 44.2 Å². The molecule has 0 saturated heterocycles. The van der Waals surface area contributed by atoms with Crippen molar-refractivity contribution in [3.8, 4) is 0 Å². The van der Waals surface area contributed by atoms with Crippen molar-refractivity contribution in [1.82, 2.24) is 4.57 Å². The topological polar surface area (TPSA) is 22.0 Å². The summed E-state index contributed by atoms with van der Waals surface area (Å²) in [6, 6.07) is 3.93.